The molecule has 1 radical (unpaired) electrons. The molecule has 77 valence electrons. The topological polar surface area (TPSA) is 42.7 Å². The maximum atomic E-state index is 4.03. The van der Waals surface area contributed by atoms with Gasteiger partial charge in [-0.2, -0.15) is 0 Å². The van der Waals surface area contributed by atoms with Gasteiger partial charge in [0.2, 0.25) is 0 Å². The lowest BCUT2D eigenvalue weighted by Gasteiger charge is -2.09. The van der Waals surface area contributed by atoms with Crippen LogP contribution in [0.25, 0.3) is 0 Å². The summed E-state index contributed by atoms with van der Waals surface area (Å²) in [7, 11) is 3.94. The van der Waals surface area contributed by atoms with Crippen molar-refractivity contribution in [3.63, 3.8) is 0 Å². The van der Waals surface area contributed by atoms with Crippen LogP contribution in [0.15, 0.2) is 6.20 Å². The smallest absolute Gasteiger partial charge is 0.179 e. The minimum Gasteiger partial charge on any atom is -0.319 e. The number of rotatable bonds is 6. The van der Waals surface area contributed by atoms with E-state index in [-0.39, 0.29) is 0 Å². The van der Waals surface area contributed by atoms with Crippen molar-refractivity contribution >= 4 is 12.9 Å². The van der Waals surface area contributed by atoms with Gasteiger partial charge in [-0.3, -0.25) is 4.68 Å². The van der Waals surface area contributed by atoms with Gasteiger partial charge in [-0.25, -0.2) is 0 Å². The van der Waals surface area contributed by atoms with Crippen LogP contribution in [-0.4, -0.2) is 35.9 Å². The van der Waals surface area contributed by atoms with Gasteiger partial charge in [-0.15, -0.1) is 5.10 Å². The van der Waals surface area contributed by atoms with Crippen LogP contribution in [0.4, 0.5) is 0 Å². The molecule has 0 aliphatic rings. The zero-order valence-electron chi connectivity index (χ0n) is 9.20. The summed E-state index contributed by atoms with van der Waals surface area (Å²) in [5.41, 5.74) is 0.950. The zero-order chi connectivity index (χ0) is 10.4. The molecular formula is C9H18BN4. The molecule has 1 aromatic heterocycles. The van der Waals surface area contributed by atoms with Crippen molar-refractivity contribution in [1.82, 2.24) is 20.3 Å². The molecule has 0 spiro atoms. The number of hydrogen-bond acceptors (Lipinski definition) is 3. The number of aryl methyl sites for hydroxylation is 1. The summed E-state index contributed by atoms with van der Waals surface area (Å²) in [4.78, 5) is 0. The van der Waals surface area contributed by atoms with Crippen molar-refractivity contribution in [2.45, 2.75) is 26.7 Å². The Morgan fingerprint density at radius 3 is 3.00 bits per heavy atom. The van der Waals surface area contributed by atoms with Crippen LogP contribution < -0.4 is 10.9 Å². The minimum absolute atomic E-state index is 0.679. The molecule has 4 nitrogen and oxygen atoms in total. The van der Waals surface area contributed by atoms with Crippen molar-refractivity contribution in [1.29, 1.82) is 0 Å². The predicted molar refractivity (Wildman–Crippen MR) is 59.0 cm³/mol. The molecule has 1 atom stereocenters. The van der Waals surface area contributed by atoms with E-state index < -0.39 is 0 Å². The highest BCUT2D eigenvalue weighted by Crippen LogP contribution is 2.00. The molecule has 0 aliphatic heterocycles. The molecule has 0 bridgehead atoms. The van der Waals surface area contributed by atoms with E-state index in [0.29, 0.717) is 5.92 Å². The second-order valence-corrected chi connectivity index (χ2v) is 3.65. The zero-order valence-corrected chi connectivity index (χ0v) is 9.20. The second kappa shape index (κ2) is 5.80. The predicted octanol–water partition coefficient (Wildman–Crippen LogP) is -0.0987. The van der Waals surface area contributed by atoms with Gasteiger partial charge in [-0.05, 0) is 25.9 Å². The van der Waals surface area contributed by atoms with Crippen molar-refractivity contribution in [3.05, 3.63) is 6.20 Å². The van der Waals surface area contributed by atoms with Crippen LogP contribution in [0.5, 0.6) is 0 Å². The highest BCUT2D eigenvalue weighted by Gasteiger charge is 2.02. The maximum Gasteiger partial charge on any atom is 0.179 e. The third kappa shape index (κ3) is 3.50. The molecule has 5 heteroatoms. The fourth-order valence-corrected chi connectivity index (χ4v) is 1.36. The average molecular weight is 193 g/mol. The molecule has 1 unspecified atom stereocenters. The molecule has 0 saturated carbocycles. The first-order valence-corrected chi connectivity index (χ1v) is 5.10. The maximum absolute atomic E-state index is 4.03. The first-order chi connectivity index (χ1) is 6.76. The molecule has 1 N–H and O–H groups in total. The fraction of sp³-hybridized carbons (Fsp3) is 0.778. The number of hydrogen-bond donors (Lipinski definition) is 1. The molecule has 0 aromatic carbocycles. The Hall–Kier alpha value is -0.835. The molecule has 1 rings (SSSR count). The van der Waals surface area contributed by atoms with Crippen LogP contribution >= 0.6 is 0 Å². The monoisotopic (exact) mass is 193 g/mol. The van der Waals surface area contributed by atoms with Gasteiger partial charge in [0.25, 0.3) is 0 Å². The third-order valence-corrected chi connectivity index (χ3v) is 2.26. The average Bonchev–Trinajstić information content (AvgIpc) is 2.63. The molecule has 0 aliphatic carbocycles. The van der Waals surface area contributed by atoms with E-state index >= 15 is 0 Å². The van der Waals surface area contributed by atoms with E-state index in [4.69, 9.17) is 0 Å². The summed E-state index contributed by atoms with van der Waals surface area (Å²) >= 11 is 0. The Kier molecular flexibility index (Phi) is 4.66. The van der Waals surface area contributed by atoms with Crippen LogP contribution in [0, 0.1) is 5.92 Å². The molecular weight excluding hydrogens is 175 g/mol. The van der Waals surface area contributed by atoms with E-state index in [9.17, 15) is 0 Å². The normalized spacial score (nSPS) is 12.8. The highest BCUT2D eigenvalue weighted by molar-refractivity contribution is 6.50. The van der Waals surface area contributed by atoms with Gasteiger partial charge in [0, 0.05) is 18.3 Å². The first kappa shape index (κ1) is 11.2. The molecule has 0 amide bonds. The van der Waals surface area contributed by atoms with Gasteiger partial charge in [0.15, 0.2) is 7.28 Å². The number of nitrogens with zero attached hydrogens (tertiary/aromatic N) is 3. The van der Waals surface area contributed by atoms with Crippen molar-refractivity contribution in [3.8, 4) is 0 Å². The fourth-order valence-electron chi connectivity index (χ4n) is 1.36. The Morgan fingerprint density at radius 1 is 1.64 bits per heavy atom. The van der Waals surface area contributed by atoms with E-state index in [1.165, 1.54) is 0 Å². The first-order valence-electron chi connectivity index (χ1n) is 5.10. The molecule has 1 aromatic rings. The standard InChI is InChI=1S/C9H18BN4/c1-8(6-11-3)4-5-14-7-9(10-2)12-13-14/h7-8,11H,4-6H2,1-3H3. The van der Waals surface area contributed by atoms with Gasteiger partial charge in [-0.1, -0.05) is 19.0 Å². The van der Waals surface area contributed by atoms with Gasteiger partial charge in [0.1, 0.15) is 0 Å². The molecule has 1 heterocycles. The van der Waals surface area contributed by atoms with Crippen LogP contribution in [0.2, 0.25) is 6.82 Å². The van der Waals surface area contributed by atoms with Gasteiger partial charge in [0.05, 0.1) is 0 Å². The number of nitrogens with one attached hydrogen (secondary N) is 1. The summed E-state index contributed by atoms with van der Waals surface area (Å²) in [6, 6.07) is 0. The highest BCUT2D eigenvalue weighted by atomic mass is 15.4. The Balaban J connectivity index is 2.30. The van der Waals surface area contributed by atoms with Gasteiger partial charge < -0.3 is 5.32 Å². The van der Waals surface area contributed by atoms with E-state index in [1.807, 2.05) is 32.0 Å². The lowest BCUT2D eigenvalue weighted by atomic mass is 9.79. The van der Waals surface area contributed by atoms with Gasteiger partial charge >= 0.3 is 0 Å². The summed E-state index contributed by atoms with van der Waals surface area (Å²) in [5.74, 6) is 0.679. The Morgan fingerprint density at radius 2 is 2.43 bits per heavy atom. The molecule has 0 saturated heterocycles. The van der Waals surface area contributed by atoms with E-state index in [0.717, 1.165) is 25.1 Å². The Bertz CT molecular complexity index is 261. The Labute approximate surface area is 86.3 Å². The third-order valence-electron chi connectivity index (χ3n) is 2.26. The lowest BCUT2D eigenvalue weighted by molar-refractivity contribution is 0.439. The summed E-state index contributed by atoms with van der Waals surface area (Å²) in [6.07, 6.45) is 3.11. The lowest BCUT2D eigenvalue weighted by Crippen LogP contribution is -2.18. The molecule has 14 heavy (non-hydrogen) atoms. The second-order valence-electron chi connectivity index (χ2n) is 3.65. The van der Waals surface area contributed by atoms with Crippen molar-refractivity contribution in [2.24, 2.45) is 5.92 Å². The van der Waals surface area contributed by atoms with E-state index in [1.54, 1.807) is 0 Å². The van der Waals surface area contributed by atoms with E-state index in [2.05, 4.69) is 22.6 Å². The minimum atomic E-state index is 0.679. The largest absolute Gasteiger partial charge is 0.319 e. The quantitative estimate of drug-likeness (QED) is 0.641. The van der Waals surface area contributed by atoms with Crippen molar-refractivity contribution in [2.75, 3.05) is 13.6 Å². The van der Waals surface area contributed by atoms with Crippen molar-refractivity contribution < 1.29 is 0 Å². The SMILES string of the molecule is C[B]c1cn(CCC(C)CNC)nn1. The van der Waals surface area contributed by atoms with Crippen LogP contribution in [-0.2, 0) is 6.54 Å². The summed E-state index contributed by atoms with van der Waals surface area (Å²) < 4.78 is 1.90. The number of aromatic nitrogens is 3. The van der Waals surface area contributed by atoms with Crippen LogP contribution in [0.1, 0.15) is 13.3 Å². The molecule has 0 fully saturated rings. The summed E-state index contributed by atoms with van der Waals surface area (Å²) in [6.45, 7) is 6.21. The summed E-state index contributed by atoms with van der Waals surface area (Å²) in [5, 5.41) is 11.2. The van der Waals surface area contributed by atoms with Crippen LogP contribution in [0.3, 0.4) is 0 Å².